The van der Waals surface area contributed by atoms with Gasteiger partial charge in [0.2, 0.25) is 0 Å². The second kappa shape index (κ2) is 5.95. The molecule has 0 bridgehead atoms. The Morgan fingerprint density at radius 3 is 2.91 bits per heavy atom. The SMILES string of the molecule is O=C(c1ccc(Cl)cn1)N1C[C@H]2CCCN2Cc2ccccc21. The minimum atomic E-state index is -0.0529. The lowest BCUT2D eigenvalue weighted by Gasteiger charge is -2.26. The van der Waals surface area contributed by atoms with Gasteiger partial charge in [-0.2, -0.15) is 0 Å². The largest absolute Gasteiger partial charge is 0.305 e. The Kier molecular flexibility index (Phi) is 3.79. The predicted molar refractivity (Wildman–Crippen MR) is 90.8 cm³/mol. The van der Waals surface area contributed by atoms with Crippen molar-refractivity contribution in [2.24, 2.45) is 0 Å². The molecule has 1 saturated heterocycles. The van der Waals surface area contributed by atoms with Gasteiger partial charge in [0.15, 0.2) is 0 Å². The molecule has 1 aromatic carbocycles. The minimum absolute atomic E-state index is 0.0529. The molecule has 1 aromatic heterocycles. The molecular formula is C18H18ClN3O. The van der Waals surface area contributed by atoms with E-state index in [2.05, 4.69) is 16.0 Å². The smallest absolute Gasteiger partial charge is 0.276 e. The molecule has 4 rings (SSSR count). The quantitative estimate of drug-likeness (QED) is 0.806. The summed E-state index contributed by atoms with van der Waals surface area (Å²) in [5.41, 5.74) is 2.65. The molecule has 1 amide bonds. The lowest BCUT2D eigenvalue weighted by atomic mass is 10.1. The van der Waals surface area contributed by atoms with E-state index in [4.69, 9.17) is 11.6 Å². The zero-order chi connectivity index (χ0) is 15.8. The van der Waals surface area contributed by atoms with Crippen molar-refractivity contribution < 1.29 is 4.79 Å². The first-order chi connectivity index (χ1) is 11.2. The highest BCUT2D eigenvalue weighted by molar-refractivity contribution is 6.30. The zero-order valence-corrected chi connectivity index (χ0v) is 13.5. The lowest BCUT2D eigenvalue weighted by molar-refractivity contribution is 0.0976. The number of hydrogen-bond donors (Lipinski definition) is 0. The Balaban J connectivity index is 1.73. The van der Waals surface area contributed by atoms with Crippen LogP contribution in [0, 0.1) is 0 Å². The van der Waals surface area contributed by atoms with Crippen molar-refractivity contribution in [3.63, 3.8) is 0 Å². The van der Waals surface area contributed by atoms with Crippen molar-refractivity contribution in [3.8, 4) is 0 Å². The van der Waals surface area contributed by atoms with Crippen molar-refractivity contribution in [1.29, 1.82) is 0 Å². The number of para-hydroxylation sites is 1. The maximum absolute atomic E-state index is 13.0. The van der Waals surface area contributed by atoms with Crippen LogP contribution in [-0.4, -0.2) is 34.9 Å². The molecule has 0 radical (unpaired) electrons. The number of fused-ring (bicyclic) bond motifs is 2. The molecule has 2 aliphatic heterocycles. The highest BCUT2D eigenvalue weighted by Gasteiger charge is 2.33. The van der Waals surface area contributed by atoms with Crippen LogP contribution in [0.4, 0.5) is 5.69 Å². The van der Waals surface area contributed by atoms with E-state index in [-0.39, 0.29) is 5.91 Å². The van der Waals surface area contributed by atoms with Gasteiger partial charge in [-0.25, -0.2) is 4.98 Å². The number of carbonyl (C=O) groups excluding carboxylic acids is 1. The molecule has 118 valence electrons. The third kappa shape index (κ3) is 2.73. The average molecular weight is 328 g/mol. The Hall–Kier alpha value is -1.91. The fourth-order valence-electron chi connectivity index (χ4n) is 3.58. The van der Waals surface area contributed by atoms with Gasteiger partial charge >= 0.3 is 0 Å². The van der Waals surface area contributed by atoms with Crippen LogP contribution in [0.3, 0.4) is 0 Å². The number of carbonyl (C=O) groups is 1. The van der Waals surface area contributed by atoms with E-state index in [0.29, 0.717) is 16.8 Å². The van der Waals surface area contributed by atoms with Crippen LogP contribution in [0.15, 0.2) is 42.6 Å². The van der Waals surface area contributed by atoms with Crippen molar-refractivity contribution >= 4 is 23.2 Å². The highest BCUT2D eigenvalue weighted by Crippen LogP contribution is 2.32. The van der Waals surface area contributed by atoms with E-state index in [0.717, 1.165) is 31.7 Å². The van der Waals surface area contributed by atoms with Gasteiger partial charge in [-0.15, -0.1) is 0 Å². The second-order valence-corrected chi connectivity index (χ2v) is 6.61. The Labute approximate surface area is 140 Å². The van der Waals surface area contributed by atoms with Crippen LogP contribution in [0.2, 0.25) is 5.02 Å². The van der Waals surface area contributed by atoms with E-state index in [1.165, 1.54) is 18.2 Å². The molecule has 0 saturated carbocycles. The number of rotatable bonds is 1. The monoisotopic (exact) mass is 327 g/mol. The third-order valence-corrected chi connectivity index (χ3v) is 4.96. The fourth-order valence-corrected chi connectivity index (χ4v) is 3.69. The van der Waals surface area contributed by atoms with Crippen molar-refractivity contribution in [2.45, 2.75) is 25.4 Å². The highest BCUT2D eigenvalue weighted by atomic mass is 35.5. The fraction of sp³-hybridized carbons (Fsp3) is 0.333. The summed E-state index contributed by atoms with van der Waals surface area (Å²) in [6.07, 6.45) is 3.88. The van der Waals surface area contributed by atoms with Crippen LogP contribution >= 0.6 is 11.6 Å². The lowest BCUT2D eigenvalue weighted by Crippen LogP contribution is -2.40. The van der Waals surface area contributed by atoms with E-state index in [1.807, 2.05) is 23.1 Å². The average Bonchev–Trinajstić information content (AvgIpc) is 2.94. The first kappa shape index (κ1) is 14.7. The number of benzene rings is 1. The summed E-state index contributed by atoms with van der Waals surface area (Å²) in [5.74, 6) is -0.0529. The first-order valence-electron chi connectivity index (χ1n) is 7.98. The molecular weight excluding hydrogens is 310 g/mol. The van der Waals surface area contributed by atoms with Gasteiger partial charge in [-0.05, 0) is 43.1 Å². The van der Waals surface area contributed by atoms with E-state index in [1.54, 1.807) is 12.1 Å². The van der Waals surface area contributed by atoms with Gasteiger partial charge in [-0.1, -0.05) is 29.8 Å². The first-order valence-corrected chi connectivity index (χ1v) is 8.35. The van der Waals surface area contributed by atoms with Crippen LogP contribution in [-0.2, 0) is 6.54 Å². The molecule has 4 nitrogen and oxygen atoms in total. The molecule has 1 fully saturated rings. The maximum Gasteiger partial charge on any atom is 0.276 e. The van der Waals surface area contributed by atoms with Crippen LogP contribution in [0.5, 0.6) is 0 Å². The molecule has 1 atom stereocenters. The Bertz CT molecular complexity index is 731. The standard InChI is InChI=1S/C18H18ClN3O/c19-14-7-8-16(20-10-14)18(23)22-12-15-5-3-9-21(15)11-13-4-1-2-6-17(13)22/h1-2,4,6-8,10,15H,3,5,9,11-12H2/t15-/m1/s1. The van der Waals surface area contributed by atoms with Gasteiger partial charge in [0, 0.05) is 31.0 Å². The van der Waals surface area contributed by atoms with Gasteiger partial charge in [-0.3, -0.25) is 9.69 Å². The van der Waals surface area contributed by atoms with Crippen LogP contribution in [0.1, 0.15) is 28.9 Å². The summed E-state index contributed by atoms with van der Waals surface area (Å²) in [5, 5.41) is 0.541. The van der Waals surface area contributed by atoms with Crippen molar-refractivity contribution in [1.82, 2.24) is 9.88 Å². The number of hydrogen-bond acceptors (Lipinski definition) is 3. The number of pyridine rings is 1. The van der Waals surface area contributed by atoms with Crippen molar-refractivity contribution in [3.05, 3.63) is 58.9 Å². The van der Waals surface area contributed by atoms with Crippen LogP contribution in [0.25, 0.3) is 0 Å². The van der Waals surface area contributed by atoms with E-state index < -0.39 is 0 Å². The molecule has 2 aliphatic rings. The number of nitrogens with zero attached hydrogens (tertiary/aromatic N) is 3. The van der Waals surface area contributed by atoms with E-state index in [9.17, 15) is 4.79 Å². The van der Waals surface area contributed by atoms with E-state index >= 15 is 0 Å². The second-order valence-electron chi connectivity index (χ2n) is 6.17. The molecule has 23 heavy (non-hydrogen) atoms. The summed E-state index contributed by atoms with van der Waals surface area (Å²) in [6, 6.07) is 12.0. The van der Waals surface area contributed by atoms with Crippen molar-refractivity contribution in [2.75, 3.05) is 18.0 Å². The molecule has 5 heteroatoms. The summed E-state index contributed by atoms with van der Waals surface area (Å²) < 4.78 is 0. The topological polar surface area (TPSA) is 36.4 Å². The normalized spacial score (nSPS) is 20.7. The zero-order valence-electron chi connectivity index (χ0n) is 12.8. The Morgan fingerprint density at radius 1 is 1.22 bits per heavy atom. The number of amides is 1. The molecule has 2 aromatic rings. The summed E-state index contributed by atoms with van der Waals surface area (Å²) >= 11 is 5.89. The number of anilines is 1. The van der Waals surface area contributed by atoms with Gasteiger partial charge in [0.05, 0.1) is 5.02 Å². The maximum atomic E-state index is 13.0. The van der Waals surface area contributed by atoms with Gasteiger partial charge in [0.25, 0.3) is 5.91 Å². The summed E-state index contributed by atoms with van der Waals surface area (Å²) in [4.78, 5) is 21.6. The Morgan fingerprint density at radius 2 is 2.09 bits per heavy atom. The summed E-state index contributed by atoms with van der Waals surface area (Å²) in [6.45, 7) is 2.75. The predicted octanol–water partition coefficient (Wildman–Crippen LogP) is 3.36. The molecule has 3 heterocycles. The molecule has 0 unspecified atom stereocenters. The molecule has 0 spiro atoms. The number of halogens is 1. The van der Waals surface area contributed by atoms with Gasteiger partial charge in [0.1, 0.15) is 5.69 Å². The molecule has 0 aliphatic carbocycles. The van der Waals surface area contributed by atoms with Gasteiger partial charge < -0.3 is 4.90 Å². The van der Waals surface area contributed by atoms with Crippen LogP contribution < -0.4 is 4.90 Å². The summed E-state index contributed by atoms with van der Waals surface area (Å²) in [7, 11) is 0. The number of aromatic nitrogens is 1. The third-order valence-electron chi connectivity index (χ3n) is 4.74. The minimum Gasteiger partial charge on any atom is -0.305 e. The molecule has 0 N–H and O–H groups in total.